The molecule has 27 heavy (non-hydrogen) atoms. The lowest BCUT2D eigenvalue weighted by atomic mass is 10.0. The Morgan fingerprint density at radius 2 is 1.93 bits per heavy atom. The highest BCUT2D eigenvalue weighted by Gasteiger charge is 2.18. The molecule has 1 fully saturated rings. The zero-order valence-electron chi connectivity index (χ0n) is 14.8. The molecule has 3 aromatic rings. The highest BCUT2D eigenvalue weighted by molar-refractivity contribution is 6.01. The molecule has 7 nitrogen and oxygen atoms in total. The van der Waals surface area contributed by atoms with Gasteiger partial charge in [-0.2, -0.15) is 9.78 Å². The summed E-state index contributed by atoms with van der Waals surface area (Å²) in [7, 11) is 0. The van der Waals surface area contributed by atoms with Crippen molar-refractivity contribution in [2.45, 2.75) is 32.1 Å². The van der Waals surface area contributed by atoms with E-state index in [1.165, 1.54) is 42.5 Å². The first kappa shape index (κ1) is 17.2. The van der Waals surface area contributed by atoms with Crippen LogP contribution in [0.15, 0.2) is 57.8 Å². The number of anilines is 1. The maximum Gasteiger partial charge on any atom is 0.278 e. The van der Waals surface area contributed by atoms with Crippen molar-refractivity contribution >= 4 is 11.8 Å². The molecule has 0 atom stereocenters. The van der Waals surface area contributed by atoms with E-state index >= 15 is 0 Å². The van der Waals surface area contributed by atoms with Gasteiger partial charge in [0.15, 0.2) is 0 Å². The minimum absolute atomic E-state index is 0.118. The summed E-state index contributed by atoms with van der Waals surface area (Å²) in [6.07, 6.45) is 5.86. The number of para-hydroxylation sites is 1. The average molecular weight is 364 g/mol. The van der Waals surface area contributed by atoms with Crippen LogP contribution in [0, 0.1) is 5.92 Å². The summed E-state index contributed by atoms with van der Waals surface area (Å²) in [4.78, 5) is 24.5. The van der Waals surface area contributed by atoms with Crippen molar-refractivity contribution in [1.29, 1.82) is 0 Å². The summed E-state index contributed by atoms with van der Waals surface area (Å²) in [6, 6.07) is 13.4. The topological polar surface area (TPSA) is 90.0 Å². The summed E-state index contributed by atoms with van der Waals surface area (Å²) < 4.78 is 6.42. The van der Waals surface area contributed by atoms with Crippen molar-refractivity contribution in [2.24, 2.45) is 5.92 Å². The molecule has 0 unspecified atom stereocenters. The van der Waals surface area contributed by atoms with E-state index in [0.717, 1.165) is 12.1 Å². The Bertz CT molecular complexity index is 988. The van der Waals surface area contributed by atoms with Gasteiger partial charge in [0, 0.05) is 12.1 Å². The monoisotopic (exact) mass is 364 g/mol. The van der Waals surface area contributed by atoms with E-state index in [2.05, 4.69) is 15.6 Å². The van der Waals surface area contributed by atoms with Crippen LogP contribution < -0.4 is 10.9 Å². The van der Waals surface area contributed by atoms with E-state index in [1.807, 2.05) is 6.07 Å². The third-order valence-corrected chi connectivity index (χ3v) is 4.80. The van der Waals surface area contributed by atoms with Crippen molar-refractivity contribution < 1.29 is 9.32 Å². The van der Waals surface area contributed by atoms with Crippen molar-refractivity contribution in [3.8, 4) is 5.69 Å². The lowest BCUT2D eigenvalue weighted by molar-refractivity contribution is 0.101. The van der Waals surface area contributed by atoms with Gasteiger partial charge in [-0.25, -0.2) is 0 Å². The third-order valence-electron chi connectivity index (χ3n) is 4.80. The summed E-state index contributed by atoms with van der Waals surface area (Å²) in [6.45, 7) is 0. The Morgan fingerprint density at radius 3 is 2.70 bits per heavy atom. The molecular weight excluding hydrogens is 344 g/mol. The summed E-state index contributed by atoms with van der Waals surface area (Å²) in [5.41, 5.74) is 1.25. The molecule has 0 aliphatic heterocycles. The number of carbonyl (C=O) groups is 1. The van der Waals surface area contributed by atoms with Gasteiger partial charge in [-0.1, -0.05) is 49.0 Å². The first-order valence-corrected chi connectivity index (χ1v) is 9.12. The SMILES string of the molecule is O=C(Nc1cc(CC2CCCC2)no1)c1ccc(=O)n(-c2ccccc2)n1. The normalized spacial score (nSPS) is 14.4. The van der Waals surface area contributed by atoms with E-state index in [1.54, 1.807) is 30.3 Å². The smallest absolute Gasteiger partial charge is 0.278 e. The second-order valence-corrected chi connectivity index (χ2v) is 6.80. The van der Waals surface area contributed by atoms with Crippen LogP contribution in [0.1, 0.15) is 41.9 Å². The lowest BCUT2D eigenvalue weighted by Gasteiger charge is -2.06. The number of hydrogen-bond acceptors (Lipinski definition) is 5. The molecule has 0 bridgehead atoms. The molecule has 138 valence electrons. The van der Waals surface area contributed by atoms with E-state index in [-0.39, 0.29) is 17.1 Å². The van der Waals surface area contributed by atoms with Crippen LogP contribution in [0.25, 0.3) is 5.69 Å². The second kappa shape index (κ2) is 7.57. The fourth-order valence-corrected chi connectivity index (χ4v) is 3.44. The highest BCUT2D eigenvalue weighted by Crippen LogP contribution is 2.28. The van der Waals surface area contributed by atoms with Gasteiger partial charge in [0.2, 0.25) is 5.88 Å². The molecule has 1 saturated carbocycles. The Morgan fingerprint density at radius 1 is 1.15 bits per heavy atom. The van der Waals surface area contributed by atoms with Crippen molar-refractivity contribution in [1.82, 2.24) is 14.9 Å². The molecule has 1 N–H and O–H groups in total. The maximum absolute atomic E-state index is 12.5. The van der Waals surface area contributed by atoms with Crippen molar-refractivity contribution in [3.63, 3.8) is 0 Å². The minimum Gasteiger partial charge on any atom is -0.338 e. The lowest BCUT2D eigenvalue weighted by Crippen LogP contribution is -2.24. The van der Waals surface area contributed by atoms with Gasteiger partial charge in [-0.15, -0.1) is 0 Å². The standard InChI is InChI=1S/C20H20N4O3/c25-19-11-10-17(22-24(19)16-8-2-1-3-9-16)20(26)21-18-13-15(23-27-18)12-14-6-4-5-7-14/h1-3,8-11,13-14H,4-7,12H2,(H,21,26). The molecule has 1 aliphatic rings. The molecule has 1 aromatic carbocycles. The Kier molecular flexibility index (Phi) is 4.82. The van der Waals surface area contributed by atoms with Crippen LogP contribution in [0.4, 0.5) is 5.88 Å². The fourth-order valence-electron chi connectivity index (χ4n) is 3.44. The maximum atomic E-state index is 12.5. The van der Waals surface area contributed by atoms with E-state index < -0.39 is 5.91 Å². The third kappa shape index (κ3) is 3.97. The first-order chi connectivity index (χ1) is 13.2. The minimum atomic E-state index is -0.455. The quantitative estimate of drug-likeness (QED) is 0.751. The number of rotatable bonds is 5. The molecule has 7 heteroatoms. The number of benzene rings is 1. The number of nitrogens with zero attached hydrogens (tertiary/aromatic N) is 3. The zero-order valence-corrected chi connectivity index (χ0v) is 14.8. The van der Waals surface area contributed by atoms with Gasteiger partial charge in [0.05, 0.1) is 11.4 Å². The number of carbonyl (C=O) groups excluding carboxylic acids is 1. The first-order valence-electron chi connectivity index (χ1n) is 9.12. The second-order valence-electron chi connectivity index (χ2n) is 6.80. The molecule has 2 heterocycles. The van der Waals surface area contributed by atoms with E-state index in [0.29, 0.717) is 11.6 Å². The summed E-state index contributed by atoms with van der Waals surface area (Å²) >= 11 is 0. The molecule has 0 spiro atoms. The van der Waals surface area contributed by atoms with Gasteiger partial charge >= 0.3 is 0 Å². The summed E-state index contributed by atoms with van der Waals surface area (Å²) in [5, 5.41) is 10.9. The predicted molar refractivity (Wildman–Crippen MR) is 100.0 cm³/mol. The van der Waals surface area contributed by atoms with Crippen LogP contribution in [-0.2, 0) is 6.42 Å². The largest absolute Gasteiger partial charge is 0.338 e. The van der Waals surface area contributed by atoms with Crippen molar-refractivity contribution in [2.75, 3.05) is 5.32 Å². The molecule has 1 aliphatic carbocycles. The van der Waals surface area contributed by atoms with E-state index in [4.69, 9.17) is 4.52 Å². The molecule has 4 rings (SSSR count). The molecular formula is C20H20N4O3. The fraction of sp³-hybridized carbons (Fsp3) is 0.300. The van der Waals surface area contributed by atoms with Gasteiger partial charge in [0.1, 0.15) is 5.69 Å². The van der Waals surface area contributed by atoms with Gasteiger partial charge in [-0.05, 0) is 30.5 Å². The molecule has 0 radical (unpaired) electrons. The van der Waals surface area contributed by atoms with Crippen LogP contribution in [0.3, 0.4) is 0 Å². The van der Waals surface area contributed by atoms with Gasteiger partial charge < -0.3 is 4.52 Å². The number of amides is 1. The van der Waals surface area contributed by atoms with Crippen LogP contribution in [0.2, 0.25) is 0 Å². The predicted octanol–water partition coefficient (Wildman–Crippen LogP) is 3.21. The molecule has 0 saturated heterocycles. The number of aromatic nitrogens is 3. The number of hydrogen-bond donors (Lipinski definition) is 1. The van der Waals surface area contributed by atoms with Crippen LogP contribution >= 0.6 is 0 Å². The highest BCUT2D eigenvalue weighted by atomic mass is 16.5. The van der Waals surface area contributed by atoms with Crippen molar-refractivity contribution in [3.05, 3.63) is 70.3 Å². The Hall–Kier alpha value is -3.22. The summed E-state index contributed by atoms with van der Waals surface area (Å²) in [5.74, 6) is 0.477. The Balaban J connectivity index is 1.48. The van der Waals surface area contributed by atoms with Crippen LogP contribution in [-0.4, -0.2) is 20.8 Å². The molecule has 1 amide bonds. The number of nitrogens with one attached hydrogen (secondary N) is 1. The van der Waals surface area contributed by atoms with Crippen LogP contribution in [0.5, 0.6) is 0 Å². The van der Waals surface area contributed by atoms with Gasteiger partial charge in [0.25, 0.3) is 11.5 Å². The average Bonchev–Trinajstić information content (AvgIpc) is 3.35. The van der Waals surface area contributed by atoms with Gasteiger partial charge in [-0.3, -0.25) is 14.9 Å². The van der Waals surface area contributed by atoms with E-state index in [9.17, 15) is 9.59 Å². The molecule has 2 aromatic heterocycles. The Labute approximate surface area is 156 Å². The zero-order chi connectivity index (χ0) is 18.6.